The molecule has 2 heterocycles. The number of esters is 1. The highest BCUT2D eigenvalue weighted by Gasteiger charge is 2.27. The van der Waals surface area contributed by atoms with Gasteiger partial charge in [0.2, 0.25) is 5.91 Å². The number of carbonyl (C=O) groups excluding carboxylic acids is 2. The molecule has 1 amide bonds. The third-order valence-electron chi connectivity index (χ3n) is 5.66. The van der Waals surface area contributed by atoms with E-state index in [-0.39, 0.29) is 12.3 Å². The van der Waals surface area contributed by atoms with Crippen molar-refractivity contribution in [3.63, 3.8) is 0 Å². The zero-order valence-corrected chi connectivity index (χ0v) is 18.6. The van der Waals surface area contributed by atoms with Gasteiger partial charge in [-0.2, -0.15) is 0 Å². The highest BCUT2D eigenvalue weighted by Crippen LogP contribution is 2.40. The number of ether oxygens (including phenoxy) is 3. The summed E-state index contributed by atoms with van der Waals surface area (Å²) in [5.74, 6) is 2.17. The molecule has 168 valence electrons. The summed E-state index contributed by atoms with van der Waals surface area (Å²) in [6.07, 6.45) is 0.519. The minimum absolute atomic E-state index is 0.215. The van der Waals surface area contributed by atoms with E-state index in [0.717, 1.165) is 35.6 Å². The van der Waals surface area contributed by atoms with Gasteiger partial charge in [-0.1, -0.05) is 6.07 Å². The lowest BCUT2D eigenvalue weighted by Crippen LogP contribution is -2.38. The molecule has 0 unspecified atom stereocenters. The van der Waals surface area contributed by atoms with E-state index in [0.29, 0.717) is 36.9 Å². The maximum atomic E-state index is 12.5. The summed E-state index contributed by atoms with van der Waals surface area (Å²) in [5.41, 5.74) is 2.68. The van der Waals surface area contributed by atoms with Crippen LogP contribution < -0.4 is 9.47 Å². The Kier molecular flexibility index (Phi) is 6.30. The molecule has 2 aliphatic rings. The molecule has 4 rings (SSSR count). The number of benzene rings is 2. The van der Waals surface area contributed by atoms with Crippen LogP contribution in [0.2, 0.25) is 0 Å². The number of amidine groups is 1. The van der Waals surface area contributed by atoms with Crippen molar-refractivity contribution in [1.29, 1.82) is 0 Å². The minimum Gasteiger partial charge on any atom is -0.497 e. The average Bonchev–Trinajstić information content (AvgIpc) is 3.13. The molecule has 0 saturated carbocycles. The Labute approximate surface area is 187 Å². The van der Waals surface area contributed by atoms with Crippen molar-refractivity contribution < 1.29 is 23.8 Å². The lowest BCUT2D eigenvalue weighted by molar-refractivity contribution is -0.146. The molecule has 2 aliphatic heterocycles. The predicted molar refractivity (Wildman–Crippen MR) is 120 cm³/mol. The minimum atomic E-state index is -0.519. The van der Waals surface area contributed by atoms with Gasteiger partial charge in [0.1, 0.15) is 29.4 Å². The van der Waals surface area contributed by atoms with Crippen LogP contribution in [0.25, 0.3) is 0 Å². The van der Waals surface area contributed by atoms with E-state index in [1.807, 2.05) is 43.3 Å². The summed E-state index contributed by atoms with van der Waals surface area (Å²) in [4.78, 5) is 32.9. The molecular weight excluding hydrogens is 410 g/mol. The van der Waals surface area contributed by atoms with E-state index in [2.05, 4.69) is 9.64 Å². The Bertz CT molecular complexity index is 1070. The molecule has 8 heteroatoms. The van der Waals surface area contributed by atoms with Crippen LogP contribution >= 0.6 is 0 Å². The SMILES string of the molecule is COC(=O)CC(=O)N1CCCN(C2=Nc3ccc(C)cc3Oc3ccc(OC)cc32)CC1. The number of aryl methyl sites for hydroxylation is 1. The summed E-state index contributed by atoms with van der Waals surface area (Å²) in [6.45, 7) is 4.40. The van der Waals surface area contributed by atoms with Crippen molar-refractivity contribution in [2.24, 2.45) is 4.99 Å². The largest absolute Gasteiger partial charge is 0.497 e. The summed E-state index contributed by atoms with van der Waals surface area (Å²) in [5, 5.41) is 0. The second kappa shape index (κ2) is 9.30. The molecule has 0 aromatic heterocycles. The summed E-state index contributed by atoms with van der Waals surface area (Å²) < 4.78 is 16.3. The fraction of sp³-hybridized carbons (Fsp3) is 0.375. The van der Waals surface area contributed by atoms with Gasteiger partial charge in [-0.3, -0.25) is 9.59 Å². The van der Waals surface area contributed by atoms with Gasteiger partial charge < -0.3 is 24.0 Å². The molecule has 0 bridgehead atoms. The molecule has 0 atom stereocenters. The molecule has 8 nitrogen and oxygen atoms in total. The predicted octanol–water partition coefficient (Wildman–Crippen LogP) is 3.29. The number of hydrogen-bond donors (Lipinski definition) is 0. The van der Waals surface area contributed by atoms with Gasteiger partial charge in [0, 0.05) is 26.2 Å². The number of nitrogens with zero attached hydrogens (tertiary/aromatic N) is 3. The van der Waals surface area contributed by atoms with Crippen LogP contribution in [0.1, 0.15) is 24.0 Å². The Morgan fingerprint density at radius 1 is 1.03 bits per heavy atom. The van der Waals surface area contributed by atoms with Crippen LogP contribution in [0.4, 0.5) is 5.69 Å². The Hall–Kier alpha value is -3.55. The van der Waals surface area contributed by atoms with E-state index >= 15 is 0 Å². The quantitative estimate of drug-likeness (QED) is 0.542. The number of carbonyl (C=O) groups is 2. The topological polar surface area (TPSA) is 80.7 Å². The van der Waals surface area contributed by atoms with Crippen LogP contribution in [0.3, 0.4) is 0 Å². The Morgan fingerprint density at radius 2 is 1.88 bits per heavy atom. The number of methoxy groups -OCH3 is 2. The molecular formula is C24H27N3O5. The maximum Gasteiger partial charge on any atom is 0.315 e. The van der Waals surface area contributed by atoms with Crippen molar-refractivity contribution in [3.8, 4) is 17.2 Å². The van der Waals surface area contributed by atoms with E-state index in [1.54, 1.807) is 12.0 Å². The molecule has 0 aliphatic carbocycles. The third kappa shape index (κ3) is 4.54. The zero-order chi connectivity index (χ0) is 22.7. The second-order valence-corrected chi connectivity index (χ2v) is 7.85. The van der Waals surface area contributed by atoms with Crippen LogP contribution in [-0.4, -0.2) is 67.9 Å². The lowest BCUT2D eigenvalue weighted by Gasteiger charge is -2.25. The van der Waals surface area contributed by atoms with Crippen LogP contribution in [0.15, 0.2) is 41.4 Å². The molecule has 32 heavy (non-hydrogen) atoms. The molecule has 2 aromatic carbocycles. The smallest absolute Gasteiger partial charge is 0.315 e. The van der Waals surface area contributed by atoms with Gasteiger partial charge in [-0.05, 0) is 49.2 Å². The van der Waals surface area contributed by atoms with E-state index in [4.69, 9.17) is 14.5 Å². The first kappa shape index (κ1) is 21.7. The second-order valence-electron chi connectivity index (χ2n) is 7.85. The first-order chi connectivity index (χ1) is 15.5. The normalized spacial score (nSPS) is 15.4. The maximum absolute atomic E-state index is 12.5. The Balaban J connectivity index is 1.66. The van der Waals surface area contributed by atoms with Gasteiger partial charge in [0.05, 0.1) is 19.8 Å². The zero-order valence-electron chi connectivity index (χ0n) is 18.6. The number of amides is 1. The third-order valence-corrected chi connectivity index (χ3v) is 5.66. The van der Waals surface area contributed by atoms with Gasteiger partial charge in [-0.25, -0.2) is 4.99 Å². The molecule has 0 radical (unpaired) electrons. The van der Waals surface area contributed by atoms with Gasteiger partial charge in [0.25, 0.3) is 0 Å². The molecule has 0 spiro atoms. The summed E-state index contributed by atoms with van der Waals surface area (Å²) >= 11 is 0. The monoisotopic (exact) mass is 437 g/mol. The number of aliphatic imine (C=N–C) groups is 1. The van der Waals surface area contributed by atoms with Crippen molar-refractivity contribution in [3.05, 3.63) is 47.5 Å². The van der Waals surface area contributed by atoms with Gasteiger partial charge in [-0.15, -0.1) is 0 Å². The average molecular weight is 437 g/mol. The number of rotatable bonds is 3. The van der Waals surface area contributed by atoms with E-state index in [9.17, 15) is 9.59 Å². The number of fused-ring (bicyclic) bond motifs is 2. The molecule has 1 saturated heterocycles. The fourth-order valence-corrected chi connectivity index (χ4v) is 3.92. The highest BCUT2D eigenvalue weighted by molar-refractivity contribution is 6.04. The number of hydrogen-bond acceptors (Lipinski definition) is 7. The van der Waals surface area contributed by atoms with Crippen LogP contribution in [0.5, 0.6) is 17.2 Å². The van der Waals surface area contributed by atoms with Crippen molar-refractivity contribution in [2.45, 2.75) is 19.8 Å². The van der Waals surface area contributed by atoms with Crippen LogP contribution in [-0.2, 0) is 14.3 Å². The standard InChI is InChI=1S/C24H27N3O5/c1-16-5-7-19-21(13-16)32-20-8-6-17(30-2)14-18(20)24(25-19)27-10-4-9-26(11-12-27)22(28)15-23(29)31-3/h5-8,13-14H,4,9-12,15H2,1-3H3. The lowest BCUT2D eigenvalue weighted by atomic mass is 10.1. The van der Waals surface area contributed by atoms with Gasteiger partial charge in [0.15, 0.2) is 5.75 Å². The first-order valence-electron chi connectivity index (χ1n) is 10.6. The fourth-order valence-electron chi connectivity index (χ4n) is 3.92. The molecule has 1 fully saturated rings. The van der Waals surface area contributed by atoms with Gasteiger partial charge >= 0.3 is 5.97 Å². The Morgan fingerprint density at radius 3 is 2.66 bits per heavy atom. The van der Waals surface area contributed by atoms with Crippen LogP contribution in [0, 0.1) is 6.92 Å². The summed E-state index contributed by atoms with van der Waals surface area (Å²) in [7, 11) is 2.92. The van der Waals surface area contributed by atoms with Crippen molar-refractivity contribution >= 4 is 23.4 Å². The van der Waals surface area contributed by atoms with E-state index in [1.165, 1.54) is 7.11 Å². The van der Waals surface area contributed by atoms with Crippen molar-refractivity contribution in [2.75, 3.05) is 40.4 Å². The summed E-state index contributed by atoms with van der Waals surface area (Å²) in [6, 6.07) is 11.6. The van der Waals surface area contributed by atoms with E-state index < -0.39 is 5.97 Å². The molecule has 0 N–H and O–H groups in total. The highest BCUT2D eigenvalue weighted by atomic mass is 16.5. The van der Waals surface area contributed by atoms with Crippen molar-refractivity contribution in [1.82, 2.24) is 9.80 Å². The molecule has 2 aromatic rings. The first-order valence-corrected chi connectivity index (χ1v) is 10.6.